The van der Waals surface area contributed by atoms with Gasteiger partial charge in [0.15, 0.2) is 15.7 Å². The highest BCUT2D eigenvalue weighted by Gasteiger charge is 2.36. The van der Waals surface area contributed by atoms with Crippen molar-refractivity contribution < 1.29 is 27.0 Å². The maximum Gasteiger partial charge on any atom is 0.338 e. The largest absolute Gasteiger partial charge is 0.338 e. The van der Waals surface area contributed by atoms with Crippen LogP contribution >= 0.6 is 0 Å². The molecule has 1 aromatic rings. The van der Waals surface area contributed by atoms with E-state index in [1.807, 2.05) is 0 Å². The molecule has 0 N–H and O–H groups in total. The number of hydrogen-bond donors (Lipinski definition) is 0. The third-order valence-corrected chi connectivity index (χ3v) is 4.28. The Kier molecular flexibility index (Phi) is 5.82. The van der Waals surface area contributed by atoms with E-state index in [2.05, 4.69) is 0 Å². The van der Waals surface area contributed by atoms with Gasteiger partial charge in [-0.3, -0.25) is 0 Å². The standard InChI is InChI=1S/C13H17FO5S/c1-17-13(18-2,19-3)12(14)9-10-20(15,16)11-7-5-4-6-8-11/h4-9H,10H2,1-3H3/b12-9-. The summed E-state index contributed by atoms with van der Waals surface area (Å²) >= 11 is 0. The number of sulfone groups is 1. The lowest BCUT2D eigenvalue weighted by Gasteiger charge is -2.26. The fourth-order valence-electron chi connectivity index (χ4n) is 1.57. The van der Waals surface area contributed by atoms with Crippen molar-refractivity contribution in [1.29, 1.82) is 0 Å². The lowest BCUT2D eigenvalue weighted by atomic mass is 10.4. The lowest BCUT2D eigenvalue weighted by molar-refractivity contribution is -0.334. The van der Waals surface area contributed by atoms with Gasteiger partial charge in [-0.2, -0.15) is 0 Å². The number of halogens is 1. The third kappa shape index (κ3) is 3.63. The monoisotopic (exact) mass is 304 g/mol. The van der Waals surface area contributed by atoms with Gasteiger partial charge in [-0.05, 0) is 18.2 Å². The van der Waals surface area contributed by atoms with E-state index in [0.717, 1.165) is 6.08 Å². The molecule has 0 atom stereocenters. The number of hydrogen-bond acceptors (Lipinski definition) is 5. The second kappa shape index (κ2) is 6.94. The summed E-state index contributed by atoms with van der Waals surface area (Å²) in [5.41, 5.74) is 0. The van der Waals surface area contributed by atoms with E-state index >= 15 is 0 Å². The van der Waals surface area contributed by atoms with Gasteiger partial charge in [0.2, 0.25) is 0 Å². The summed E-state index contributed by atoms with van der Waals surface area (Å²) in [5, 5.41) is 0. The van der Waals surface area contributed by atoms with E-state index in [1.165, 1.54) is 33.5 Å². The molecular formula is C13H17FO5S. The number of benzene rings is 1. The van der Waals surface area contributed by atoms with Crippen molar-refractivity contribution in [2.75, 3.05) is 27.1 Å². The van der Waals surface area contributed by atoms with Gasteiger partial charge < -0.3 is 14.2 Å². The maximum atomic E-state index is 14.0. The summed E-state index contributed by atoms with van der Waals surface area (Å²) < 4.78 is 52.3. The normalized spacial score (nSPS) is 13.5. The average molecular weight is 304 g/mol. The summed E-state index contributed by atoms with van der Waals surface area (Å²) in [4.78, 5) is 0.113. The molecule has 5 nitrogen and oxygen atoms in total. The topological polar surface area (TPSA) is 61.8 Å². The summed E-state index contributed by atoms with van der Waals surface area (Å²) in [5.74, 6) is -3.52. The van der Waals surface area contributed by atoms with Crippen molar-refractivity contribution in [3.8, 4) is 0 Å². The Balaban J connectivity index is 2.97. The third-order valence-electron chi connectivity index (χ3n) is 2.68. The quantitative estimate of drug-likeness (QED) is 0.720. The van der Waals surface area contributed by atoms with Crippen molar-refractivity contribution in [2.45, 2.75) is 10.9 Å². The average Bonchev–Trinajstić information content (AvgIpc) is 2.48. The first-order valence-corrected chi connectivity index (χ1v) is 7.36. The van der Waals surface area contributed by atoms with Crippen molar-refractivity contribution in [3.63, 3.8) is 0 Å². The highest BCUT2D eigenvalue weighted by Crippen LogP contribution is 2.24. The number of ether oxygens (including phenoxy) is 3. The molecule has 0 saturated carbocycles. The first-order valence-electron chi connectivity index (χ1n) is 5.71. The zero-order valence-electron chi connectivity index (χ0n) is 11.5. The molecule has 1 rings (SSSR count). The van der Waals surface area contributed by atoms with Crippen LogP contribution in [0, 0.1) is 0 Å². The van der Waals surface area contributed by atoms with Crippen LogP contribution in [0.15, 0.2) is 47.1 Å². The van der Waals surface area contributed by atoms with E-state index in [9.17, 15) is 12.8 Å². The van der Waals surface area contributed by atoms with Crippen LogP contribution in [0.1, 0.15) is 0 Å². The van der Waals surface area contributed by atoms with Gasteiger partial charge in [0.25, 0.3) is 0 Å². The van der Waals surface area contributed by atoms with Crippen LogP contribution in [0.2, 0.25) is 0 Å². The van der Waals surface area contributed by atoms with Crippen LogP contribution in [0.5, 0.6) is 0 Å². The second-order valence-corrected chi connectivity index (χ2v) is 5.85. The van der Waals surface area contributed by atoms with Gasteiger partial charge in [0.05, 0.1) is 10.6 Å². The van der Waals surface area contributed by atoms with Crippen molar-refractivity contribution >= 4 is 9.84 Å². The highest BCUT2D eigenvalue weighted by atomic mass is 32.2. The first-order chi connectivity index (χ1) is 9.41. The molecule has 0 unspecified atom stereocenters. The molecule has 0 aliphatic carbocycles. The first kappa shape index (κ1) is 16.8. The zero-order valence-corrected chi connectivity index (χ0v) is 12.3. The minimum absolute atomic E-state index is 0.113. The molecule has 112 valence electrons. The minimum Gasteiger partial charge on any atom is -0.325 e. The van der Waals surface area contributed by atoms with Gasteiger partial charge in [-0.25, -0.2) is 12.8 Å². The Morgan fingerprint density at radius 1 is 1.15 bits per heavy atom. The molecule has 0 heterocycles. The summed E-state index contributed by atoms with van der Waals surface area (Å²) in [7, 11) is -0.0635. The van der Waals surface area contributed by atoms with Gasteiger partial charge in [0.1, 0.15) is 0 Å². The van der Waals surface area contributed by atoms with Crippen molar-refractivity contribution in [2.24, 2.45) is 0 Å². The summed E-state index contributed by atoms with van der Waals surface area (Å²) in [6.45, 7) is 0. The number of rotatable bonds is 7. The van der Waals surface area contributed by atoms with E-state index in [-0.39, 0.29) is 4.90 Å². The van der Waals surface area contributed by atoms with E-state index in [0.29, 0.717) is 0 Å². The Bertz CT molecular complexity index is 541. The Labute approximate surface area is 117 Å². The molecule has 20 heavy (non-hydrogen) atoms. The molecule has 0 aromatic heterocycles. The molecule has 7 heteroatoms. The van der Waals surface area contributed by atoms with Crippen molar-refractivity contribution in [3.05, 3.63) is 42.2 Å². The van der Waals surface area contributed by atoms with E-state index in [4.69, 9.17) is 14.2 Å². The fraction of sp³-hybridized carbons (Fsp3) is 0.385. The predicted molar refractivity (Wildman–Crippen MR) is 71.4 cm³/mol. The smallest absolute Gasteiger partial charge is 0.325 e. The Hall–Kier alpha value is -1.28. The SMILES string of the molecule is COC(OC)(OC)/C(F)=C/CS(=O)(=O)c1ccccc1. The predicted octanol–water partition coefficient (Wildman–Crippen LogP) is 1.91. The van der Waals surface area contributed by atoms with Crippen molar-refractivity contribution in [1.82, 2.24) is 0 Å². The van der Waals surface area contributed by atoms with Gasteiger partial charge in [-0.1, -0.05) is 18.2 Å². The Morgan fingerprint density at radius 3 is 2.10 bits per heavy atom. The van der Waals surface area contributed by atoms with Crippen LogP contribution in [0.25, 0.3) is 0 Å². The van der Waals surface area contributed by atoms with Crippen LogP contribution < -0.4 is 0 Å². The molecule has 0 bridgehead atoms. The van der Waals surface area contributed by atoms with Gasteiger partial charge in [0, 0.05) is 21.3 Å². The molecule has 0 radical (unpaired) electrons. The zero-order chi connectivity index (χ0) is 15.2. The molecule has 0 amide bonds. The molecule has 0 fully saturated rings. The minimum atomic E-state index is -3.62. The molecular weight excluding hydrogens is 287 g/mol. The summed E-state index contributed by atoms with van der Waals surface area (Å²) in [6, 6.07) is 7.77. The summed E-state index contributed by atoms with van der Waals surface area (Å²) in [6.07, 6.45) is 0.860. The molecule has 0 aliphatic rings. The molecule has 0 saturated heterocycles. The van der Waals surface area contributed by atoms with Crippen LogP contribution in [0.4, 0.5) is 4.39 Å². The van der Waals surface area contributed by atoms with E-state index < -0.39 is 27.4 Å². The highest BCUT2D eigenvalue weighted by molar-refractivity contribution is 7.91. The van der Waals surface area contributed by atoms with Crippen LogP contribution in [-0.4, -0.2) is 41.5 Å². The fourth-order valence-corrected chi connectivity index (χ4v) is 2.70. The molecule has 0 spiro atoms. The van der Waals surface area contributed by atoms with Gasteiger partial charge >= 0.3 is 5.97 Å². The number of methoxy groups -OCH3 is 3. The molecule has 0 aliphatic heterocycles. The van der Waals surface area contributed by atoms with Crippen LogP contribution in [-0.2, 0) is 24.0 Å². The van der Waals surface area contributed by atoms with E-state index in [1.54, 1.807) is 18.2 Å². The van der Waals surface area contributed by atoms with Gasteiger partial charge in [-0.15, -0.1) is 0 Å². The Morgan fingerprint density at radius 2 is 1.65 bits per heavy atom. The lowest BCUT2D eigenvalue weighted by Crippen LogP contribution is -2.37. The second-order valence-electron chi connectivity index (χ2n) is 3.82. The maximum absolute atomic E-state index is 14.0. The van der Waals surface area contributed by atoms with Crippen LogP contribution in [0.3, 0.4) is 0 Å². The molecule has 1 aromatic carbocycles.